The molecule has 1 fully saturated rings. The van der Waals surface area contributed by atoms with E-state index in [2.05, 4.69) is 10.2 Å². The minimum atomic E-state index is -0.279. The van der Waals surface area contributed by atoms with Crippen molar-refractivity contribution in [3.8, 4) is 23.0 Å². The van der Waals surface area contributed by atoms with Crippen molar-refractivity contribution in [3.05, 3.63) is 18.2 Å². The van der Waals surface area contributed by atoms with Crippen molar-refractivity contribution < 1.29 is 23.4 Å². The van der Waals surface area contributed by atoms with Gasteiger partial charge in [0.05, 0.1) is 20.8 Å². The van der Waals surface area contributed by atoms with Crippen molar-refractivity contribution in [2.24, 2.45) is 0 Å². The molecule has 0 bridgehead atoms. The van der Waals surface area contributed by atoms with Gasteiger partial charge in [0.1, 0.15) is 5.25 Å². The molecule has 1 atom stereocenters. The van der Waals surface area contributed by atoms with Gasteiger partial charge >= 0.3 is 5.97 Å². The van der Waals surface area contributed by atoms with Gasteiger partial charge in [0, 0.05) is 12.0 Å². The first-order valence-corrected chi connectivity index (χ1v) is 7.48. The topological polar surface area (TPSA) is 83.7 Å². The van der Waals surface area contributed by atoms with E-state index in [9.17, 15) is 4.79 Å². The molecule has 0 amide bonds. The second-order valence-electron chi connectivity index (χ2n) is 4.51. The predicted octanol–water partition coefficient (Wildman–Crippen LogP) is 2.16. The molecule has 0 aliphatic carbocycles. The largest absolute Gasteiger partial charge is 0.493 e. The zero-order valence-electron chi connectivity index (χ0n) is 12.1. The highest BCUT2D eigenvalue weighted by atomic mass is 32.2. The van der Waals surface area contributed by atoms with Crippen LogP contribution in [0.2, 0.25) is 0 Å². The van der Waals surface area contributed by atoms with E-state index in [0.717, 1.165) is 0 Å². The third-order valence-corrected chi connectivity index (χ3v) is 4.25. The number of hydrogen-bond donors (Lipinski definition) is 0. The average Bonchev–Trinajstić information content (AvgIpc) is 3.17. The first kappa shape index (κ1) is 14.7. The van der Waals surface area contributed by atoms with E-state index in [4.69, 9.17) is 18.6 Å². The number of carbonyl (C=O) groups excluding carboxylic acids is 1. The molecule has 3 rings (SSSR count). The van der Waals surface area contributed by atoms with Crippen LogP contribution in [-0.4, -0.2) is 42.2 Å². The minimum absolute atomic E-state index is 0.240. The molecular weight excluding hydrogens is 308 g/mol. The molecule has 0 spiro atoms. The number of carbonyl (C=O) groups is 1. The van der Waals surface area contributed by atoms with E-state index < -0.39 is 0 Å². The Labute approximate surface area is 130 Å². The second kappa shape index (κ2) is 6.27. The van der Waals surface area contributed by atoms with Gasteiger partial charge < -0.3 is 18.6 Å². The molecule has 0 radical (unpaired) electrons. The Bertz CT molecular complexity index is 688. The number of ether oxygens (including phenoxy) is 3. The lowest BCUT2D eigenvalue weighted by Crippen LogP contribution is -2.09. The fourth-order valence-electron chi connectivity index (χ4n) is 2.05. The third kappa shape index (κ3) is 2.87. The first-order valence-electron chi connectivity index (χ1n) is 6.60. The van der Waals surface area contributed by atoms with Crippen LogP contribution in [0, 0.1) is 0 Å². The molecule has 2 heterocycles. The Morgan fingerprint density at radius 3 is 2.73 bits per heavy atom. The summed E-state index contributed by atoms with van der Waals surface area (Å²) in [6.45, 7) is 0.438. The molecule has 1 saturated heterocycles. The highest BCUT2D eigenvalue weighted by Gasteiger charge is 2.29. The van der Waals surface area contributed by atoms with Gasteiger partial charge in [-0.2, -0.15) is 0 Å². The van der Waals surface area contributed by atoms with Gasteiger partial charge in [0.15, 0.2) is 11.5 Å². The summed E-state index contributed by atoms with van der Waals surface area (Å²) in [6, 6.07) is 5.32. The van der Waals surface area contributed by atoms with Crippen LogP contribution >= 0.6 is 11.8 Å². The van der Waals surface area contributed by atoms with Gasteiger partial charge in [-0.3, -0.25) is 4.79 Å². The lowest BCUT2D eigenvalue weighted by Gasteiger charge is -2.07. The summed E-state index contributed by atoms with van der Waals surface area (Å²) in [6.07, 6.45) is 0.650. The smallest absolute Gasteiger partial charge is 0.319 e. The summed E-state index contributed by atoms with van der Waals surface area (Å²) in [4.78, 5) is 11.4. The lowest BCUT2D eigenvalue weighted by molar-refractivity contribution is -0.137. The summed E-state index contributed by atoms with van der Waals surface area (Å²) in [5, 5.41) is 8.02. The molecule has 0 unspecified atom stereocenters. The normalized spacial score (nSPS) is 17.4. The summed E-state index contributed by atoms with van der Waals surface area (Å²) in [7, 11) is 3.13. The highest BCUT2D eigenvalue weighted by molar-refractivity contribution is 8.00. The number of thioether (sulfide) groups is 1. The molecule has 116 valence electrons. The van der Waals surface area contributed by atoms with E-state index in [1.807, 2.05) is 0 Å². The van der Waals surface area contributed by atoms with Gasteiger partial charge in [-0.05, 0) is 30.0 Å². The number of cyclic esters (lactones) is 1. The van der Waals surface area contributed by atoms with Crippen LogP contribution in [0.3, 0.4) is 0 Å². The molecule has 1 aromatic heterocycles. The molecule has 7 nitrogen and oxygen atoms in total. The zero-order valence-corrected chi connectivity index (χ0v) is 12.9. The first-order chi connectivity index (χ1) is 10.7. The van der Waals surface area contributed by atoms with E-state index in [0.29, 0.717) is 41.2 Å². The Balaban J connectivity index is 1.80. The standard InChI is InChI=1S/C14H14N2O5S/c1-18-9-4-3-8(7-10(9)19-2)12-15-16-14(21-12)22-11-5-6-20-13(11)17/h3-4,7,11H,5-6H2,1-2H3/t11-/m1/s1. The fraction of sp³-hybridized carbons (Fsp3) is 0.357. The summed E-state index contributed by atoms with van der Waals surface area (Å²) >= 11 is 1.22. The molecule has 0 N–H and O–H groups in total. The van der Waals surface area contributed by atoms with Gasteiger partial charge in [-0.25, -0.2) is 0 Å². The maximum atomic E-state index is 11.4. The quantitative estimate of drug-likeness (QED) is 0.774. The maximum absolute atomic E-state index is 11.4. The molecular formula is C14H14N2O5S. The Kier molecular flexibility index (Phi) is 4.19. The monoisotopic (exact) mass is 322 g/mol. The Morgan fingerprint density at radius 2 is 2.05 bits per heavy atom. The fourth-order valence-corrected chi connectivity index (χ4v) is 2.89. The van der Waals surface area contributed by atoms with Crippen molar-refractivity contribution in [2.45, 2.75) is 16.9 Å². The van der Waals surface area contributed by atoms with E-state index >= 15 is 0 Å². The number of esters is 1. The summed E-state index contributed by atoms with van der Waals surface area (Å²) < 4.78 is 20.9. The second-order valence-corrected chi connectivity index (χ2v) is 5.66. The van der Waals surface area contributed by atoms with E-state index in [1.165, 1.54) is 11.8 Å². The van der Waals surface area contributed by atoms with Crippen LogP contribution in [0.5, 0.6) is 11.5 Å². The van der Waals surface area contributed by atoms with Crippen molar-refractivity contribution in [1.82, 2.24) is 10.2 Å². The van der Waals surface area contributed by atoms with Crippen LogP contribution in [0.15, 0.2) is 27.8 Å². The number of methoxy groups -OCH3 is 2. The number of benzene rings is 1. The molecule has 1 aliphatic rings. The SMILES string of the molecule is COc1ccc(-c2nnc(S[C@@H]3CCOC3=O)o2)cc1OC. The molecule has 8 heteroatoms. The van der Waals surface area contributed by atoms with Crippen LogP contribution < -0.4 is 9.47 Å². The van der Waals surface area contributed by atoms with Crippen LogP contribution in [0.1, 0.15) is 6.42 Å². The zero-order chi connectivity index (χ0) is 15.5. The minimum Gasteiger partial charge on any atom is -0.493 e. The molecule has 0 saturated carbocycles. The van der Waals surface area contributed by atoms with Gasteiger partial charge in [0.2, 0.25) is 5.89 Å². The van der Waals surface area contributed by atoms with Crippen molar-refractivity contribution >= 4 is 17.7 Å². The summed E-state index contributed by atoms with van der Waals surface area (Å²) in [5.41, 5.74) is 0.714. The van der Waals surface area contributed by atoms with Gasteiger partial charge in [-0.1, -0.05) is 0 Å². The number of nitrogens with zero attached hydrogens (tertiary/aromatic N) is 2. The maximum Gasteiger partial charge on any atom is 0.319 e. The summed E-state index contributed by atoms with van der Waals surface area (Å²) in [5.74, 6) is 1.31. The molecule has 1 aromatic carbocycles. The van der Waals surface area contributed by atoms with E-state index in [-0.39, 0.29) is 11.2 Å². The Hall–Kier alpha value is -2.22. The van der Waals surface area contributed by atoms with Gasteiger partial charge in [-0.15, -0.1) is 10.2 Å². The molecule has 2 aromatic rings. The molecule has 22 heavy (non-hydrogen) atoms. The van der Waals surface area contributed by atoms with Crippen LogP contribution in [0.4, 0.5) is 0 Å². The number of hydrogen-bond acceptors (Lipinski definition) is 8. The number of rotatable bonds is 5. The third-order valence-electron chi connectivity index (χ3n) is 3.17. The van der Waals surface area contributed by atoms with Crippen LogP contribution in [-0.2, 0) is 9.53 Å². The lowest BCUT2D eigenvalue weighted by atomic mass is 10.2. The van der Waals surface area contributed by atoms with Crippen LogP contribution in [0.25, 0.3) is 11.5 Å². The van der Waals surface area contributed by atoms with Crippen molar-refractivity contribution in [1.29, 1.82) is 0 Å². The predicted molar refractivity (Wildman–Crippen MR) is 78.1 cm³/mol. The van der Waals surface area contributed by atoms with Crippen molar-refractivity contribution in [2.75, 3.05) is 20.8 Å². The molecule has 1 aliphatic heterocycles. The Morgan fingerprint density at radius 1 is 1.23 bits per heavy atom. The van der Waals surface area contributed by atoms with E-state index in [1.54, 1.807) is 32.4 Å². The van der Waals surface area contributed by atoms with Gasteiger partial charge in [0.25, 0.3) is 5.22 Å². The number of aromatic nitrogens is 2. The van der Waals surface area contributed by atoms with Crippen molar-refractivity contribution in [3.63, 3.8) is 0 Å². The average molecular weight is 322 g/mol. The highest BCUT2D eigenvalue weighted by Crippen LogP contribution is 2.34.